The van der Waals surface area contributed by atoms with Gasteiger partial charge in [0.1, 0.15) is 12.1 Å². The van der Waals surface area contributed by atoms with E-state index >= 15 is 0 Å². The highest BCUT2D eigenvalue weighted by Gasteiger charge is 2.27. The molecule has 0 heterocycles. The first-order valence-electron chi connectivity index (χ1n) is 9.96. The minimum absolute atomic E-state index is 0.00447. The van der Waals surface area contributed by atoms with Crippen LogP contribution in [0.15, 0.2) is 4.99 Å². The van der Waals surface area contributed by atoms with E-state index in [1.807, 2.05) is 0 Å². The number of carbonyl (C=O) groups is 5. The zero-order valence-electron chi connectivity index (χ0n) is 18.2. The molecule has 0 aliphatic carbocycles. The first-order chi connectivity index (χ1) is 14.8. The van der Waals surface area contributed by atoms with Crippen LogP contribution in [0.1, 0.15) is 39.5 Å². The van der Waals surface area contributed by atoms with Gasteiger partial charge >= 0.3 is 11.9 Å². The lowest BCUT2D eigenvalue weighted by atomic mass is 10.0. The van der Waals surface area contributed by atoms with Crippen molar-refractivity contribution in [3.8, 4) is 0 Å². The zero-order valence-corrected chi connectivity index (χ0v) is 18.2. The lowest BCUT2D eigenvalue weighted by Crippen LogP contribution is -2.54. The molecule has 3 atom stereocenters. The highest BCUT2D eigenvalue weighted by molar-refractivity contribution is 5.94. The Bertz CT molecular complexity index is 708. The molecule has 0 aromatic rings. The fourth-order valence-electron chi connectivity index (χ4n) is 2.54. The monoisotopic (exact) mass is 459 g/mol. The van der Waals surface area contributed by atoms with Gasteiger partial charge in [0.05, 0.1) is 19.0 Å². The van der Waals surface area contributed by atoms with Gasteiger partial charge in [0.2, 0.25) is 17.7 Å². The maximum atomic E-state index is 12.3. The maximum absolute atomic E-state index is 12.3. The molecule has 0 rings (SSSR count). The first-order valence-corrected chi connectivity index (χ1v) is 9.96. The summed E-state index contributed by atoms with van der Waals surface area (Å²) in [6.07, 6.45) is 0.00122. The molecule has 14 heteroatoms. The number of nitrogens with zero attached hydrogens (tertiary/aromatic N) is 1. The third-order valence-corrected chi connectivity index (χ3v) is 4.08. The van der Waals surface area contributed by atoms with Gasteiger partial charge in [0, 0.05) is 6.54 Å². The number of nitrogens with one attached hydrogen (secondary N) is 3. The highest BCUT2D eigenvalue weighted by Crippen LogP contribution is 2.05. The molecule has 0 aliphatic heterocycles. The van der Waals surface area contributed by atoms with Crippen LogP contribution < -0.4 is 33.2 Å². The molecule has 3 unspecified atom stereocenters. The van der Waals surface area contributed by atoms with Crippen LogP contribution in [0.3, 0.4) is 0 Å². The molecule has 0 bridgehead atoms. The standard InChI is InChI=1S/C18H33N7O7/c1-9(2)6-12(17(31)32)24-13(26)8-23-16(30)11(7-14(27)28)25-15(29)10(19)4-3-5-22-18(20)21/h9-12H,3-8,19H2,1-2H3,(H,23,30)(H,24,26)(H,25,29)(H,27,28)(H,31,32)(H4,20,21,22). The summed E-state index contributed by atoms with van der Waals surface area (Å²) >= 11 is 0. The fourth-order valence-corrected chi connectivity index (χ4v) is 2.54. The smallest absolute Gasteiger partial charge is 0.326 e. The fraction of sp³-hybridized carbons (Fsp3) is 0.667. The van der Waals surface area contributed by atoms with Gasteiger partial charge in [-0.25, -0.2) is 4.79 Å². The summed E-state index contributed by atoms with van der Waals surface area (Å²) < 4.78 is 0. The van der Waals surface area contributed by atoms with Crippen molar-refractivity contribution < 1.29 is 34.2 Å². The van der Waals surface area contributed by atoms with Crippen molar-refractivity contribution in [1.82, 2.24) is 16.0 Å². The summed E-state index contributed by atoms with van der Waals surface area (Å²) in [6.45, 7) is 3.21. The Morgan fingerprint density at radius 3 is 2.09 bits per heavy atom. The van der Waals surface area contributed by atoms with E-state index in [1.165, 1.54) is 0 Å². The van der Waals surface area contributed by atoms with Gasteiger partial charge in [-0.1, -0.05) is 13.8 Å². The van der Waals surface area contributed by atoms with Crippen LogP contribution in [0, 0.1) is 5.92 Å². The summed E-state index contributed by atoms with van der Waals surface area (Å²) in [6, 6.07) is -3.66. The van der Waals surface area contributed by atoms with Crippen LogP contribution in [0.4, 0.5) is 0 Å². The Balaban J connectivity index is 4.81. The van der Waals surface area contributed by atoms with Gasteiger partial charge in [-0.2, -0.15) is 0 Å². The molecule has 0 saturated carbocycles. The average molecular weight is 460 g/mol. The van der Waals surface area contributed by atoms with Gasteiger partial charge in [-0.3, -0.25) is 24.2 Å². The number of hydrogen-bond acceptors (Lipinski definition) is 7. The maximum Gasteiger partial charge on any atom is 0.326 e. The molecule has 0 aliphatic rings. The Morgan fingerprint density at radius 1 is 0.969 bits per heavy atom. The molecule has 0 fully saturated rings. The van der Waals surface area contributed by atoms with Gasteiger partial charge in [-0.15, -0.1) is 0 Å². The van der Waals surface area contributed by atoms with Crippen molar-refractivity contribution in [2.24, 2.45) is 28.1 Å². The van der Waals surface area contributed by atoms with Crippen molar-refractivity contribution in [2.75, 3.05) is 13.1 Å². The third-order valence-electron chi connectivity index (χ3n) is 4.08. The van der Waals surface area contributed by atoms with Crippen molar-refractivity contribution in [1.29, 1.82) is 0 Å². The molecule has 0 spiro atoms. The van der Waals surface area contributed by atoms with E-state index in [0.29, 0.717) is 6.42 Å². The Morgan fingerprint density at radius 2 is 1.59 bits per heavy atom. The molecular formula is C18H33N7O7. The molecule has 11 N–H and O–H groups in total. The molecule has 0 aromatic carbocycles. The minimum Gasteiger partial charge on any atom is -0.481 e. The lowest BCUT2D eigenvalue weighted by Gasteiger charge is -2.20. The molecule has 3 amide bonds. The summed E-state index contributed by atoms with van der Waals surface area (Å²) in [5.74, 6) is -5.15. The number of rotatable bonds is 15. The van der Waals surface area contributed by atoms with Crippen molar-refractivity contribution in [2.45, 2.75) is 57.7 Å². The predicted molar refractivity (Wildman–Crippen MR) is 114 cm³/mol. The summed E-state index contributed by atoms with van der Waals surface area (Å²) in [4.78, 5) is 62.5. The largest absolute Gasteiger partial charge is 0.481 e. The van der Waals surface area contributed by atoms with Crippen LogP contribution in [0.25, 0.3) is 0 Å². The van der Waals surface area contributed by atoms with Crippen LogP contribution in [0.2, 0.25) is 0 Å². The minimum atomic E-state index is -1.48. The number of carboxylic acid groups (broad SMARTS) is 2. The second kappa shape index (κ2) is 14.6. The summed E-state index contributed by atoms with van der Waals surface area (Å²) in [5, 5.41) is 24.8. The van der Waals surface area contributed by atoms with Crippen molar-refractivity contribution in [3.05, 3.63) is 0 Å². The number of carboxylic acids is 2. The molecule has 0 saturated heterocycles. The molecule has 0 aromatic heterocycles. The number of hydrogen-bond donors (Lipinski definition) is 8. The molecule has 14 nitrogen and oxygen atoms in total. The SMILES string of the molecule is CC(C)CC(NC(=O)CNC(=O)C(CC(=O)O)NC(=O)C(N)CCCN=C(N)N)C(=O)O. The normalized spacial score (nSPS) is 13.4. The van der Waals surface area contributed by atoms with E-state index in [0.717, 1.165) is 0 Å². The van der Waals surface area contributed by atoms with E-state index < -0.39 is 60.8 Å². The van der Waals surface area contributed by atoms with Gasteiger partial charge in [0.15, 0.2) is 5.96 Å². The topological polar surface area (TPSA) is 252 Å². The van der Waals surface area contributed by atoms with Crippen LogP contribution in [0.5, 0.6) is 0 Å². The number of aliphatic imine (C=N–C) groups is 1. The van der Waals surface area contributed by atoms with E-state index in [-0.39, 0.29) is 31.3 Å². The molecular weight excluding hydrogens is 426 g/mol. The Kier molecular flexibility index (Phi) is 13.0. The quantitative estimate of drug-likeness (QED) is 0.0702. The van der Waals surface area contributed by atoms with Crippen LogP contribution in [-0.2, 0) is 24.0 Å². The number of nitrogens with two attached hydrogens (primary N) is 3. The van der Waals surface area contributed by atoms with Crippen molar-refractivity contribution >= 4 is 35.6 Å². The van der Waals surface area contributed by atoms with Gasteiger partial charge < -0.3 is 43.4 Å². The number of guanidine groups is 1. The Hall–Kier alpha value is -3.42. The molecule has 182 valence electrons. The zero-order chi connectivity index (χ0) is 24.8. The van der Waals surface area contributed by atoms with E-state index in [1.54, 1.807) is 13.8 Å². The molecule has 32 heavy (non-hydrogen) atoms. The summed E-state index contributed by atoms with van der Waals surface area (Å²) in [5.41, 5.74) is 16.1. The van der Waals surface area contributed by atoms with Crippen LogP contribution in [-0.4, -0.2) is 77.0 Å². The van der Waals surface area contributed by atoms with E-state index in [9.17, 15) is 24.0 Å². The van der Waals surface area contributed by atoms with E-state index in [2.05, 4.69) is 20.9 Å². The molecule has 0 radical (unpaired) electrons. The highest BCUT2D eigenvalue weighted by atomic mass is 16.4. The van der Waals surface area contributed by atoms with Crippen LogP contribution >= 0.6 is 0 Å². The first kappa shape index (κ1) is 28.6. The number of carbonyl (C=O) groups excluding carboxylic acids is 3. The lowest BCUT2D eigenvalue weighted by molar-refractivity contribution is -0.143. The average Bonchev–Trinajstić information content (AvgIpc) is 2.67. The second-order valence-electron chi connectivity index (χ2n) is 7.52. The number of amides is 3. The summed E-state index contributed by atoms with van der Waals surface area (Å²) in [7, 11) is 0. The predicted octanol–water partition coefficient (Wildman–Crippen LogP) is -2.94. The van der Waals surface area contributed by atoms with Crippen molar-refractivity contribution in [3.63, 3.8) is 0 Å². The van der Waals surface area contributed by atoms with Gasteiger partial charge in [-0.05, 0) is 25.2 Å². The van der Waals surface area contributed by atoms with Gasteiger partial charge in [0.25, 0.3) is 0 Å². The third kappa shape index (κ3) is 13.0. The Labute approximate surface area is 185 Å². The second-order valence-corrected chi connectivity index (χ2v) is 7.52. The number of aliphatic carboxylic acids is 2. The van der Waals surface area contributed by atoms with E-state index in [4.69, 9.17) is 27.4 Å².